The maximum atomic E-state index is 10.8. The highest BCUT2D eigenvalue weighted by molar-refractivity contribution is 5.89. The lowest BCUT2D eigenvalue weighted by atomic mass is 10.1. The summed E-state index contributed by atoms with van der Waals surface area (Å²) in [5.41, 5.74) is 0.980. The van der Waals surface area contributed by atoms with Gasteiger partial charge in [0.2, 0.25) is 0 Å². The number of aromatic carboxylic acids is 1. The Morgan fingerprint density at radius 2 is 2.24 bits per heavy atom. The van der Waals surface area contributed by atoms with Crippen molar-refractivity contribution in [3.63, 3.8) is 0 Å². The van der Waals surface area contributed by atoms with E-state index in [1.807, 2.05) is 0 Å². The smallest absolute Gasteiger partial charge is 0.335 e. The summed E-state index contributed by atoms with van der Waals surface area (Å²) in [5.74, 6) is -0.257. The molecule has 4 heteroatoms. The van der Waals surface area contributed by atoms with Gasteiger partial charge in [-0.25, -0.2) is 4.79 Å². The molecule has 1 aromatic carbocycles. The second kappa shape index (κ2) is 6.54. The molecule has 4 nitrogen and oxygen atoms in total. The van der Waals surface area contributed by atoms with Crippen LogP contribution in [0.5, 0.6) is 5.75 Å². The maximum absolute atomic E-state index is 10.8. The van der Waals surface area contributed by atoms with Gasteiger partial charge in [0.05, 0.1) is 18.2 Å². The molecule has 0 fully saturated rings. The van der Waals surface area contributed by atoms with Crippen LogP contribution in [0.2, 0.25) is 0 Å². The van der Waals surface area contributed by atoms with Crippen LogP contribution >= 0.6 is 0 Å². The first-order valence-electron chi connectivity index (χ1n) is 5.49. The van der Waals surface area contributed by atoms with Gasteiger partial charge in [0.25, 0.3) is 0 Å². The molecule has 0 aromatic heterocycles. The summed E-state index contributed by atoms with van der Waals surface area (Å²) in [6.45, 7) is 2.29. The van der Waals surface area contributed by atoms with E-state index in [2.05, 4.69) is 6.07 Å². The third-order valence-electron chi connectivity index (χ3n) is 2.38. The Hall–Kier alpha value is -2.02. The summed E-state index contributed by atoms with van der Waals surface area (Å²) >= 11 is 0. The van der Waals surface area contributed by atoms with E-state index in [1.165, 1.54) is 0 Å². The molecule has 17 heavy (non-hydrogen) atoms. The maximum Gasteiger partial charge on any atom is 0.335 e. The molecule has 0 radical (unpaired) electrons. The molecular formula is C13H15NO3. The van der Waals surface area contributed by atoms with Crippen LogP contribution < -0.4 is 4.74 Å². The van der Waals surface area contributed by atoms with Crippen molar-refractivity contribution >= 4 is 5.97 Å². The van der Waals surface area contributed by atoms with Gasteiger partial charge in [-0.1, -0.05) is 0 Å². The van der Waals surface area contributed by atoms with Crippen LogP contribution in [0.4, 0.5) is 0 Å². The molecule has 0 spiro atoms. The molecule has 1 N–H and O–H groups in total. The van der Waals surface area contributed by atoms with Gasteiger partial charge in [0.15, 0.2) is 0 Å². The molecule has 0 amide bonds. The third kappa shape index (κ3) is 4.15. The molecule has 0 aliphatic rings. The molecule has 90 valence electrons. The average Bonchev–Trinajstić information content (AvgIpc) is 2.28. The number of nitriles is 1. The van der Waals surface area contributed by atoms with Crippen molar-refractivity contribution in [2.24, 2.45) is 0 Å². The van der Waals surface area contributed by atoms with Crippen molar-refractivity contribution in [1.82, 2.24) is 0 Å². The Labute approximate surface area is 100 Å². The number of hydrogen-bond donors (Lipinski definition) is 1. The van der Waals surface area contributed by atoms with E-state index in [1.54, 1.807) is 25.1 Å². The van der Waals surface area contributed by atoms with Gasteiger partial charge in [-0.05, 0) is 43.5 Å². The summed E-state index contributed by atoms with van der Waals surface area (Å²) in [6.07, 6.45) is 2.19. The van der Waals surface area contributed by atoms with Crippen LogP contribution in [0.15, 0.2) is 18.2 Å². The van der Waals surface area contributed by atoms with E-state index in [0.717, 1.165) is 12.8 Å². The monoisotopic (exact) mass is 233 g/mol. The van der Waals surface area contributed by atoms with Crippen LogP contribution in [-0.4, -0.2) is 17.7 Å². The fourth-order valence-corrected chi connectivity index (χ4v) is 1.46. The Morgan fingerprint density at radius 3 is 2.82 bits per heavy atom. The normalized spacial score (nSPS) is 9.65. The van der Waals surface area contributed by atoms with Crippen LogP contribution in [0.3, 0.4) is 0 Å². The predicted molar refractivity (Wildman–Crippen MR) is 63.1 cm³/mol. The fourth-order valence-electron chi connectivity index (χ4n) is 1.46. The molecule has 0 saturated heterocycles. The van der Waals surface area contributed by atoms with E-state index in [4.69, 9.17) is 15.1 Å². The predicted octanol–water partition coefficient (Wildman–Crippen LogP) is 2.77. The van der Waals surface area contributed by atoms with Gasteiger partial charge < -0.3 is 9.84 Å². The fraction of sp³-hybridized carbons (Fsp3) is 0.385. The number of nitrogens with zero attached hydrogens (tertiary/aromatic N) is 1. The molecule has 1 aromatic rings. The number of hydrogen-bond acceptors (Lipinski definition) is 3. The van der Waals surface area contributed by atoms with Crippen molar-refractivity contribution in [2.45, 2.75) is 26.2 Å². The minimum atomic E-state index is -0.928. The summed E-state index contributed by atoms with van der Waals surface area (Å²) in [4.78, 5) is 10.8. The number of carbonyl (C=O) groups is 1. The largest absolute Gasteiger partial charge is 0.494 e. The molecule has 0 aliphatic heterocycles. The highest BCUT2D eigenvalue weighted by Gasteiger charge is 2.07. The van der Waals surface area contributed by atoms with Crippen molar-refractivity contribution in [2.75, 3.05) is 6.61 Å². The van der Waals surface area contributed by atoms with Gasteiger partial charge in [-0.15, -0.1) is 0 Å². The first-order valence-corrected chi connectivity index (χ1v) is 5.49. The van der Waals surface area contributed by atoms with Crippen molar-refractivity contribution in [3.05, 3.63) is 29.3 Å². The van der Waals surface area contributed by atoms with E-state index >= 15 is 0 Å². The lowest BCUT2D eigenvalue weighted by Gasteiger charge is -2.07. The number of carboxylic acid groups (broad SMARTS) is 1. The van der Waals surface area contributed by atoms with E-state index < -0.39 is 5.97 Å². The second-order valence-corrected chi connectivity index (χ2v) is 3.75. The van der Waals surface area contributed by atoms with Crippen LogP contribution in [-0.2, 0) is 0 Å². The molecule has 0 atom stereocenters. The number of benzene rings is 1. The van der Waals surface area contributed by atoms with Crippen LogP contribution in [0.1, 0.15) is 35.2 Å². The first kappa shape index (κ1) is 13.0. The summed E-state index contributed by atoms with van der Waals surface area (Å²) in [5, 5.41) is 17.2. The quantitative estimate of drug-likeness (QED) is 0.767. The van der Waals surface area contributed by atoms with Crippen LogP contribution in [0.25, 0.3) is 0 Å². The Balaban J connectivity index is 2.48. The zero-order chi connectivity index (χ0) is 12.7. The zero-order valence-corrected chi connectivity index (χ0v) is 9.77. The lowest BCUT2D eigenvalue weighted by Crippen LogP contribution is -2.01. The van der Waals surface area contributed by atoms with Gasteiger partial charge in [-0.3, -0.25) is 0 Å². The van der Waals surface area contributed by atoms with Gasteiger partial charge in [0.1, 0.15) is 5.75 Å². The standard InChI is InChI=1S/C13H15NO3/c1-10-9-11(5-6-12(10)13(15)16)17-8-4-2-3-7-14/h5-6,9H,2-4,8H2,1H3,(H,15,16). The van der Waals surface area contributed by atoms with E-state index in [0.29, 0.717) is 29.9 Å². The lowest BCUT2D eigenvalue weighted by molar-refractivity contribution is 0.0696. The minimum Gasteiger partial charge on any atom is -0.494 e. The molecule has 0 unspecified atom stereocenters. The molecule has 0 heterocycles. The summed E-state index contributed by atoms with van der Waals surface area (Å²) in [6, 6.07) is 6.99. The number of rotatable bonds is 6. The Bertz CT molecular complexity index is 435. The molecule has 1 rings (SSSR count). The number of unbranched alkanes of at least 4 members (excludes halogenated alkanes) is 2. The number of aryl methyl sites for hydroxylation is 1. The number of carboxylic acids is 1. The summed E-state index contributed by atoms with van der Waals surface area (Å²) in [7, 11) is 0. The topological polar surface area (TPSA) is 70.3 Å². The SMILES string of the molecule is Cc1cc(OCCCCC#N)ccc1C(=O)O. The molecule has 0 bridgehead atoms. The Morgan fingerprint density at radius 1 is 1.47 bits per heavy atom. The van der Waals surface area contributed by atoms with Gasteiger partial charge >= 0.3 is 5.97 Å². The highest BCUT2D eigenvalue weighted by atomic mass is 16.5. The Kier molecular flexibility index (Phi) is 5.02. The van der Waals surface area contributed by atoms with Gasteiger partial charge in [-0.2, -0.15) is 5.26 Å². The molecule has 0 aliphatic carbocycles. The second-order valence-electron chi connectivity index (χ2n) is 3.75. The van der Waals surface area contributed by atoms with Gasteiger partial charge in [0, 0.05) is 6.42 Å². The van der Waals surface area contributed by atoms with E-state index in [9.17, 15) is 4.79 Å². The minimum absolute atomic E-state index is 0.293. The first-order chi connectivity index (χ1) is 8.15. The summed E-state index contributed by atoms with van der Waals surface area (Å²) < 4.78 is 5.47. The molecular weight excluding hydrogens is 218 g/mol. The molecule has 0 saturated carbocycles. The average molecular weight is 233 g/mol. The highest BCUT2D eigenvalue weighted by Crippen LogP contribution is 2.17. The third-order valence-corrected chi connectivity index (χ3v) is 2.38. The van der Waals surface area contributed by atoms with E-state index in [-0.39, 0.29) is 0 Å². The number of ether oxygens (including phenoxy) is 1. The van der Waals surface area contributed by atoms with Crippen molar-refractivity contribution < 1.29 is 14.6 Å². The van der Waals surface area contributed by atoms with Crippen LogP contribution in [0, 0.1) is 18.3 Å². The van der Waals surface area contributed by atoms with Crippen molar-refractivity contribution in [3.8, 4) is 11.8 Å². The van der Waals surface area contributed by atoms with Crippen molar-refractivity contribution in [1.29, 1.82) is 5.26 Å². The zero-order valence-electron chi connectivity index (χ0n) is 9.77.